The van der Waals surface area contributed by atoms with E-state index >= 15 is 0 Å². The summed E-state index contributed by atoms with van der Waals surface area (Å²) in [5.41, 5.74) is 5.76. The molecule has 1 aromatic heterocycles. The lowest BCUT2D eigenvalue weighted by Gasteiger charge is -2.08. The SMILES string of the molecule is CCc1nc(N)cc(Sc2ccccc2OC)n1. The van der Waals surface area contributed by atoms with Crippen molar-refractivity contribution in [2.75, 3.05) is 12.8 Å². The van der Waals surface area contributed by atoms with E-state index in [0.29, 0.717) is 5.82 Å². The molecule has 4 nitrogen and oxygen atoms in total. The van der Waals surface area contributed by atoms with E-state index in [9.17, 15) is 0 Å². The standard InChI is InChI=1S/C13H15N3OS/c1-3-12-15-11(14)8-13(16-12)18-10-7-5-4-6-9(10)17-2/h4-8H,3H2,1-2H3,(H2,14,15,16). The number of methoxy groups -OCH3 is 1. The Hall–Kier alpha value is -1.75. The van der Waals surface area contributed by atoms with Gasteiger partial charge >= 0.3 is 0 Å². The summed E-state index contributed by atoms with van der Waals surface area (Å²) in [7, 11) is 1.66. The normalized spacial score (nSPS) is 10.3. The molecule has 1 aromatic carbocycles. The van der Waals surface area contributed by atoms with Gasteiger partial charge in [0.05, 0.1) is 12.0 Å². The van der Waals surface area contributed by atoms with E-state index in [1.54, 1.807) is 13.2 Å². The van der Waals surface area contributed by atoms with Crippen LogP contribution >= 0.6 is 11.8 Å². The molecule has 94 valence electrons. The molecule has 0 amide bonds. The van der Waals surface area contributed by atoms with Gasteiger partial charge in [-0.25, -0.2) is 9.97 Å². The molecule has 0 saturated carbocycles. The summed E-state index contributed by atoms with van der Waals surface area (Å²) in [6, 6.07) is 9.60. The Labute approximate surface area is 111 Å². The first-order valence-electron chi connectivity index (χ1n) is 5.67. The second-order valence-electron chi connectivity index (χ2n) is 3.65. The number of ether oxygens (including phenoxy) is 1. The Morgan fingerprint density at radius 2 is 2.06 bits per heavy atom. The van der Waals surface area contributed by atoms with Crippen LogP contribution in [0.1, 0.15) is 12.7 Å². The van der Waals surface area contributed by atoms with Crippen LogP contribution in [0.3, 0.4) is 0 Å². The van der Waals surface area contributed by atoms with Crippen molar-refractivity contribution < 1.29 is 4.74 Å². The zero-order valence-electron chi connectivity index (χ0n) is 10.4. The van der Waals surface area contributed by atoms with Crippen molar-refractivity contribution in [1.82, 2.24) is 9.97 Å². The van der Waals surface area contributed by atoms with Gasteiger partial charge in [-0.05, 0) is 12.1 Å². The average Bonchev–Trinajstić information content (AvgIpc) is 2.38. The number of hydrogen-bond acceptors (Lipinski definition) is 5. The van der Waals surface area contributed by atoms with Crippen LogP contribution < -0.4 is 10.5 Å². The molecule has 2 aromatic rings. The molecule has 2 rings (SSSR count). The summed E-state index contributed by atoms with van der Waals surface area (Å²) in [5.74, 6) is 2.09. The minimum atomic E-state index is 0.499. The predicted octanol–water partition coefficient (Wildman–Crippen LogP) is 2.78. The van der Waals surface area contributed by atoms with Crippen molar-refractivity contribution in [3.8, 4) is 5.75 Å². The van der Waals surface area contributed by atoms with E-state index in [2.05, 4.69) is 9.97 Å². The van der Waals surface area contributed by atoms with Gasteiger partial charge in [0.25, 0.3) is 0 Å². The molecule has 0 aliphatic rings. The largest absolute Gasteiger partial charge is 0.496 e. The third-order valence-corrected chi connectivity index (χ3v) is 3.34. The molecule has 0 bridgehead atoms. The first-order chi connectivity index (χ1) is 8.72. The Kier molecular flexibility index (Phi) is 4.04. The monoisotopic (exact) mass is 261 g/mol. The summed E-state index contributed by atoms with van der Waals surface area (Å²) in [4.78, 5) is 9.61. The topological polar surface area (TPSA) is 61.0 Å². The molecule has 0 fully saturated rings. The summed E-state index contributed by atoms with van der Waals surface area (Å²) < 4.78 is 5.31. The van der Waals surface area contributed by atoms with E-state index in [1.165, 1.54) is 11.8 Å². The molecular weight excluding hydrogens is 246 g/mol. The Morgan fingerprint density at radius 1 is 1.28 bits per heavy atom. The molecule has 0 spiro atoms. The maximum atomic E-state index is 5.76. The number of aryl methyl sites for hydroxylation is 1. The summed E-state index contributed by atoms with van der Waals surface area (Å²) in [5, 5.41) is 0.837. The van der Waals surface area contributed by atoms with Crippen molar-refractivity contribution in [3.63, 3.8) is 0 Å². The lowest BCUT2D eigenvalue weighted by molar-refractivity contribution is 0.405. The van der Waals surface area contributed by atoms with Gasteiger partial charge in [-0.3, -0.25) is 0 Å². The predicted molar refractivity (Wildman–Crippen MR) is 72.9 cm³/mol. The highest BCUT2D eigenvalue weighted by atomic mass is 32.2. The number of nitrogen functional groups attached to an aromatic ring is 1. The molecule has 0 unspecified atom stereocenters. The van der Waals surface area contributed by atoms with E-state index in [4.69, 9.17) is 10.5 Å². The first-order valence-corrected chi connectivity index (χ1v) is 6.49. The van der Waals surface area contributed by atoms with E-state index in [1.807, 2.05) is 31.2 Å². The lowest BCUT2D eigenvalue weighted by atomic mass is 10.3. The molecule has 2 N–H and O–H groups in total. The third kappa shape index (κ3) is 2.92. The van der Waals surface area contributed by atoms with Crippen molar-refractivity contribution in [3.05, 3.63) is 36.2 Å². The van der Waals surface area contributed by atoms with Gasteiger partial charge in [0, 0.05) is 12.5 Å². The van der Waals surface area contributed by atoms with Gasteiger partial charge in [-0.15, -0.1) is 0 Å². The summed E-state index contributed by atoms with van der Waals surface area (Å²) >= 11 is 1.53. The highest BCUT2D eigenvalue weighted by molar-refractivity contribution is 7.99. The van der Waals surface area contributed by atoms with Crippen LogP contribution in [0.15, 0.2) is 40.3 Å². The minimum absolute atomic E-state index is 0.499. The maximum Gasteiger partial charge on any atom is 0.132 e. The molecule has 0 saturated heterocycles. The fraction of sp³-hybridized carbons (Fsp3) is 0.231. The van der Waals surface area contributed by atoms with Gasteiger partial charge in [0.1, 0.15) is 22.4 Å². The zero-order valence-corrected chi connectivity index (χ0v) is 11.2. The van der Waals surface area contributed by atoms with Gasteiger partial charge in [-0.2, -0.15) is 0 Å². The van der Waals surface area contributed by atoms with E-state index < -0.39 is 0 Å². The molecule has 0 atom stereocenters. The van der Waals surface area contributed by atoms with Crippen molar-refractivity contribution in [1.29, 1.82) is 0 Å². The van der Waals surface area contributed by atoms with E-state index in [-0.39, 0.29) is 0 Å². The second kappa shape index (κ2) is 5.73. The number of nitrogens with two attached hydrogens (primary N) is 1. The number of benzene rings is 1. The number of para-hydroxylation sites is 1. The van der Waals surface area contributed by atoms with Crippen LogP contribution in [0.2, 0.25) is 0 Å². The van der Waals surface area contributed by atoms with Crippen LogP contribution in [0.4, 0.5) is 5.82 Å². The van der Waals surface area contributed by atoms with Gasteiger partial charge in [-0.1, -0.05) is 30.8 Å². The van der Waals surface area contributed by atoms with Gasteiger partial charge in [0.15, 0.2) is 0 Å². The summed E-state index contributed by atoms with van der Waals surface area (Å²) in [6.07, 6.45) is 0.768. The average molecular weight is 261 g/mol. The zero-order chi connectivity index (χ0) is 13.0. The molecule has 0 radical (unpaired) electrons. The molecule has 0 aliphatic heterocycles. The minimum Gasteiger partial charge on any atom is -0.496 e. The fourth-order valence-electron chi connectivity index (χ4n) is 1.52. The molecule has 18 heavy (non-hydrogen) atoms. The highest BCUT2D eigenvalue weighted by Crippen LogP contribution is 2.33. The molecular formula is C13H15N3OS. The van der Waals surface area contributed by atoms with Crippen LogP contribution in [0.5, 0.6) is 5.75 Å². The highest BCUT2D eigenvalue weighted by Gasteiger charge is 2.07. The quantitative estimate of drug-likeness (QED) is 0.857. The van der Waals surface area contributed by atoms with Gasteiger partial charge in [0.2, 0.25) is 0 Å². The van der Waals surface area contributed by atoms with Crippen LogP contribution in [0.25, 0.3) is 0 Å². The van der Waals surface area contributed by atoms with E-state index in [0.717, 1.165) is 27.9 Å². The Morgan fingerprint density at radius 3 is 2.78 bits per heavy atom. The maximum absolute atomic E-state index is 5.76. The molecule has 0 aliphatic carbocycles. The fourth-order valence-corrected chi connectivity index (χ4v) is 2.47. The third-order valence-electron chi connectivity index (χ3n) is 2.37. The van der Waals surface area contributed by atoms with Crippen molar-refractivity contribution >= 4 is 17.6 Å². The number of anilines is 1. The van der Waals surface area contributed by atoms with Gasteiger partial charge < -0.3 is 10.5 Å². The van der Waals surface area contributed by atoms with Crippen molar-refractivity contribution in [2.24, 2.45) is 0 Å². The summed E-state index contributed by atoms with van der Waals surface area (Å²) in [6.45, 7) is 2.01. The van der Waals surface area contributed by atoms with Crippen LogP contribution in [-0.4, -0.2) is 17.1 Å². The first kappa shape index (κ1) is 12.7. The van der Waals surface area contributed by atoms with Crippen LogP contribution in [0, 0.1) is 0 Å². The van der Waals surface area contributed by atoms with Crippen molar-refractivity contribution in [2.45, 2.75) is 23.3 Å². The van der Waals surface area contributed by atoms with Crippen LogP contribution in [-0.2, 0) is 6.42 Å². The Bertz CT molecular complexity index is 546. The second-order valence-corrected chi connectivity index (χ2v) is 4.72. The Balaban J connectivity index is 2.30. The number of rotatable bonds is 4. The molecule has 1 heterocycles. The smallest absolute Gasteiger partial charge is 0.132 e. The number of nitrogens with zero attached hydrogens (tertiary/aromatic N) is 2. The number of hydrogen-bond donors (Lipinski definition) is 1. The lowest BCUT2D eigenvalue weighted by Crippen LogP contribution is -1.99. The molecule has 5 heteroatoms. The number of aromatic nitrogens is 2.